The van der Waals surface area contributed by atoms with Gasteiger partial charge in [0.15, 0.2) is 0 Å². The van der Waals surface area contributed by atoms with E-state index in [9.17, 15) is 9.59 Å². The lowest BCUT2D eigenvalue weighted by molar-refractivity contribution is -0.121. The van der Waals surface area contributed by atoms with Gasteiger partial charge in [-0.15, -0.1) is 0 Å². The van der Waals surface area contributed by atoms with Gasteiger partial charge >= 0.3 is 0 Å². The maximum absolute atomic E-state index is 12.8. The van der Waals surface area contributed by atoms with E-state index in [0.717, 1.165) is 38.9 Å². The van der Waals surface area contributed by atoms with Crippen LogP contribution in [-0.2, 0) is 10.2 Å². The van der Waals surface area contributed by atoms with Crippen molar-refractivity contribution in [3.05, 3.63) is 65.5 Å². The van der Waals surface area contributed by atoms with Crippen molar-refractivity contribution in [1.29, 1.82) is 0 Å². The molecule has 1 aliphatic heterocycles. The van der Waals surface area contributed by atoms with E-state index in [2.05, 4.69) is 34.6 Å². The van der Waals surface area contributed by atoms with Crippen LogP contribution in [0.5, 0.6) is 0 Å². The average molecular weight is 404 g/mol. The molecule has 5 nitrogen and oxygen atoms in total. The van der Waals surface area contributed by atoms with Gasteiger partial charge in [0.25, 0.3) is 5.91 Å². The molecule has 3 aliphatic rings. The summed E-state index contributed by atoms with van der Waals surface area (Å²) in [6.07, 6.45) is 9.34. The van der Waals surface area contributed by atoms with Gasteiger partial charge in [0.2, 0.25) is 5.91 Å². The molecular weight excluding hydrogens is 374 g/mol. The van der Waals surface area contributed by atoms with Crippen molar-refractivity contribution in [2.75, 3.05) is 19.6 Å². The van der Waals surface area contributed by atoms with Gasteiger partial charge in [0.1, 0.15) is 0 Å². The second kappa shape index (κ2) is 7.86. The first-order chi connectivity index (χ1) is 14.6. The highest BCUT2D eigenvalue weighted by Gasteiger charge is 2.46. The Morgan fingerprint density at radius 1 is 1.10 bits per heavy atom. The minimum absolute atomic E-state index is 0.0697. The average Bonchev–Trinajstić information content (AvgIpc) is 3.58. The summed E-state index contributed by atoms with van der Waals surface area (Å²) >= 11 is 0. The van der Waals surface area contributed by atoms with Crippen molar-refractivity contribution in [2.45, 2.75) is 49.9 Å². The minimum Gasteiger partial charge on any atom is -0.356 e. The summed E-state index contributed by atoms with van der Waals surface area (Å²) in [5, 5.41) is 3.14. The molecule has 156 valence electrons. The molecule has 30 heavy (non-hydrogen) atoms. The molecule has 1 aromatic carbocycles. The molecular formula is C25H29N3O2. The number of nitrogens with one attached hydrogen (secondary N) is 1. The van der Waals surface area contributed by atoms with E-state index in [4.69, 9.17) is 0 Å². The number of pyridine rings is 1. The van der Waals surface area contributed by atoms with E-state index in [0.29, 0.717) is 17.9 Å². The predicted octanol–water partition coefficient (Wildman–Crippen LogP) is 3.66. The van der Waals surface area contributed by atoms with Gasteiger partial charge < -0.3 is 10.2 Å². The summed E-state index contributed by atoms with van der Waals surface area (Å²) < 4.78 is 0. The fraction of sp³-hybridized carbons (Fsp3) is 0.480. The Morgan fingerprint density at radius 3 is 2.63 bits per heavy atom. The Kier molecular flexibility index (Phi) is 5.05. The fourth-order valence-electron chi connectivity index (χ4n) is 5.37. The molecule has 1 atom stereocenters. The van der Waals surface area contributed by atoms with Gasteiger partial charge in [-0.2, -0.15) is 0 Å². The maximum atomic E-state index is 12.8. The summed E-state index contributed by atoms with van der Waals surface area (Å²) in [6.45, 7) is 2.34. The molecule has 1 saturated carbocycles. The number of rotatable bonds is 5. The standard InChI is InChI=1S/C25H29N3O2/c29-23(27-16-18-7-8-18)14-20-15-25(22-6-2-1-5-21(20)22)9-12-28(13-10-25)24(30)19-4-3-11-26-17-19/h1-6,11,17-18,20H,7-10,12-16H2,(H,27,29)/t20-/m0/s1. The molecule has 1 saturated heterocycles. The largest absolute Gasteiger partial charge is 0.356 e. The van der Waals surface area contributed by atoms with Crippen molar-refractivity contribution in [2.24, 2.45) is 5.92 Å². The molecule has 5 heteroatoms. The first-order valence-corrected chi connectivity index (χ1v) is 11.2. The monoisotopic (exact) mass is 403 g/mol. The normalized spacial score (nSPS) is 22.0. The van der Waals surface area contributed by atoms with Crippen molar-refractivity contribution >= 4 is 11.8 Å². The first kappa shape index (κ1) is 19.3. The number of aromatic nitrogens is 1. The molecule has 1 aromatic heterocycles. The number of piperidine rings is 1. The van der Waals surface area contributed by atoms with Gasteiger partial charge in [-0.05, 0) is 72.6 Å². The summed E-state index contributed by atoms with van der Waals surface area (Å²) in [5.41, 5.74) is 3.49. The third-order valence-electron chi connectivity index (χ3n) is 7.24. The smallest absolute Gasteiger partial charge is 0.255 e. The zero-order valence-corrected chi connectivity index (χ0v) is 17.3. The van der Waals surface area contributed by atoms with E-state index in [1.807, 2.05) is 17.0 Å². The molecule has 5 rings (SSSR count). The Bertz CT molecular complexity index is 930. The second-order valence-corrected chi connectivity index (χ2v) is 9.25. The number of fused-ring (bicyclic) bond motifs is 2. The Labute approximate surface area is 177 Å². The molecule has 0 bridgehead atoms. The molecule has 0 radical (unpaired) electrons. The third-order valence-corrected chi connectivity index (χ3v) is 7.24. The molecule has 1 N–H and O–H groups in total. The second-order valence-electron chi connectivity index (χ2n) is 9.25. The highest BCUT2D eigenvalue weighted by atomic mass is 16.2. The summed E-state index contributed by atoms with van der Waals surface area (Å²) in [7, 11) is 0. The van der Waals surface area contributed by atoms with Crippen LogP contribution in [0.2, 0.25) is 0 Å². The molecule has 1 spiro atoms. The van der Waals surface area contributed by atoms with E-state index in [-0.39, 0.29) is 23.1 Å². The number of likely N-dealkylation sites (tertiary alicyclic amines) is 1. The summed E-state index contributed by atoms with van der Waals surface area (Å²) in [6, 6.07) is 12.3. The zero-order chi connectivity index (χ0) is 20.6. The van der Waals surface area contributed by atoms with Crippen LogP contribution in [0.3, 0.4) is 0 Å². The van der Waals surface area contributed by atoms with Crippen LogP contribution in [0.15, 0.2) is 48.8 Å². The van der Waals surface area contributed by atoms with Crippen molar-refractivity contribution in [3.8, 4) is 0 Å². The lowest BCUT2D eigenvalue weighted by Crippen LogP contribution is -2.44. The first-order valence-electron chi connectivity index (χ1n) is 11.2. The van der Waals surface area contributed by atoms with Gasteiger partial charge in [0.05, 0.1) is 5.56 Å². The van der Waals surface area contributed by atoms with Crippen LogP contribution in [0, 0.1) is 5.92 Å². The van der Waals surface area contributed by atoms with E-state index < -0.39 is 0 Å². The van der Waals surface area contributed by atoms with Gasteiger partial charge in [-0.3, -0.25) is 14.6 Å². The SMILES string of the molecule is O=C(C[C@H]1CC2(CCN(C(=O)c3cccnc3)CC2)c2ccccc21)NCC1CC1. The third kappa shape index (κ3) is 3.73. The van der Waals surface area contributed by atoms with Crippen LogP contribution in [0.25, 0.3) is 0 Å². The van der Waals surface area contributed by atoms with E-state index >= 15 is 0 Å². The molecule has 2 aliphatic carbocycles. The topological polar surface area (TPSA) is 62.3 Å². The highest BCUT2D eigenvalue weighted by molar-refractivity contribution is 5.94. The molecule has 0 unspecified atom stereocenters. The van der Waals surface area contributed by atoms with Crippen LogP contribution in [0.1, 0.15) is 65.9 Å². The lowest BCUT2D eigenvalue weighted by Gasteiger charge is -2.40. The number of carbonyl (C=O) groups excluding carboxylic acids is 2. The Balaban J connectivity index is 1.28. The van der Waals surface area contributed by atoms with Crippen LogP contribution in [0.4, 0.5) is 0 Å². The van der Waals surface area contributed by atoms with Gasteiger partial charge in [-0.1, -0.05) is 24.3 Å². The summed E-state index contributed by atoms with van der Waals surface area (Å²) in [5.74, 6) is 1.24. The number of amides is 2. The van der Waals surface area contributed by atoms with Gasteiger partial charge in [-0.25, -0.2) is 0 Å². The Hall–Kier alpha value is -2.69. The zero-order valence-electron chi connectivity index (χ0n) is 17.3. The Morgan fingerprint density at radius 2 is 1.90 bits per heavy atom. The quantitative estimate of drug-likeness (QED) is 0.829. The van der Waals surface area contributed by atoms with Gasteiger partial charge in [0, 0.05) is 38.4 Å². The lowest BCUT2D eigenvalue weighted by atomic mass is 9.73. The van der Waals surface area contributed by atoms with Crippen molar-refractivity contribution < 1.29 is 9.59 Å². The van der Waals surface area contributed by atoms with E-state index in [1.54, 1.807) is 12.4 Å². The molecule has 2 amide bonds. The van der Waals surface area contributed by atoms with Crippen molar-refractivity contribution in [1.82, 2.24) is 15.2 Å². The molecule has 2 fully saturated rings. The van der Waals surface area contributed by atoms with E-state index in [1.165, 1.54) is 24.0 Å². The highest BCUT2D eigenvalue weighted by Crippen LogP contribution is 2.52. The summed E-state index contributed by atoms with van der Waals surface area (Å²) in [4.78, 5) is 31.4. The fourth-order valence-corrected chi connectivity index (χ4v) is 5.37. The van der Waals surface area contributed by atoms with Crippen LogP contribution < -0.4 is 5.32 Å². The van der Waals surface area contributed by atoms with Crippen molar-refractivity contribution in [3.63, 3.8) is 0 Å². The molecule has 2 heterocycles. The maximum Gasteiger partial charge on any atom is 0.255 e. The number of nitrogens with zero attached hydrogens (tertiary/aromatic N) is 2. The number of hydrogen-bond acceptors (Lipinski definition) is 3. The van der Waals surface area contributed by atoms with Crippen LogP contribution >= 0.6 is 0 Å². The minimum atomic E-state index is 0.0697. The predicted molar refractivity (Wildman–Crippen MR) is 115 cm³/mol. The number of hydrogen-bond donors (Lipinski definition) is 1. The number of carbonyl (C=O) groups is 2. The molecule has 2 aromatic rings. The van der Waals surface area contributed by atoms with Crippen LogP contribution in [-0.4, -0.2) is 41.3 Å². The number of benzene rings is 1.